The Kier molecular flexibility index (Phi) is 10.9. The van der Waals surface area contributed by atoms with Crippen LogP contribution in [0.1, 0.15) is 78.1 Å². The van der Waals surface area contributed by atoms with Crippen molar-refractivity contribution in [2.45, 2.75) is 78.1 Å². The van der Waals surface area contributed by atoms with Crippen molar-refractivity contribution >= 4 is 31.9 Å². The highest BCUT2D eigenvalue weighted by atomic mass is 79.9. The normalized spacial score (nSPS) is 34.2. The van der Waals surface area contributed by atoms with Crippen molar-refractivity contribution in [3.05, 3.63) is 0 Å². The van der Waals surface area contributed by atoms with Crippen molar-refractivity contribution in [1.82, 2.24) is 0 Å². The summed E-state index contributed by atoms with van der Waals surface area (Å²) in [5.74, 6) is 4.08. The minimum atomic E-state index is 0.989. The molecule has 0 unspecified atom stereocenters. The van der Waals surface area contributed by atoms with Gasteiger partial charge in [0.1, 0.15) is 0 Å². The van der Waals surface area contributed by atoms with Gasteiger partial charge in [-0.1, -0.05) is 84.2 Å². The molecule has 2 aliphatic rings. The molecular formula is C18H34Br2. The first kappa shape index (κ1) is 19.0. The fourth-order valence-corrected chi connectivity index (χ4v) is 4.88. The molecule has 2 heteroatoms. The van der Waals surface area contributed by atoms with Gasteiger partial charge >= 0.3 is 0 Å². The monoisotopic (exact) mass is 408 g/mol. The Morgan fingerprint density at radius 1 is 0.550 bits per heavy atom. The molecule has 0 saturated heterocycles. The third-order valence-corrected chi connectivity index (χ3v) is 7.36. The standard InChI is InChI=1S/2C9H17Br/c2*1-2-8-3-5-9(7-10)6-4-8/h2*8-9H,2-7H2,1H3. The van der Waals surface area contributed by atoms with Crippen LogP contribution in [-0.4, -0.2) is 10.7 Å². The highest BCUT2D eigenvalue weighted by Gasteiger charge is 2.19. The molecule has 2 rings (SSSR count). The lowest BCUT2D eigenvalue weighted by atomic mass is 9.82. The van der Waals surface area contributed by atoms with E-state index in [1.54, 1.807) is 0 Å². The van der Waals surface area contributed by atoms with Crippen LogP contribution in [0.3, 0.4) is 0 Å². The van der Waals surface area contributed by atoms with Gasteiger partial charge in [-0.3, -0.25) is 0 Å². The van der Waals surface area contributed by atoms with E-state index in [9.17, 15) is 0 Å². The molecule has 120 valence electrons. The summed E-state index contributed by atoms with van der Waals surface area (Å²) in [6.07, 6.45) is 14.6. The smallest absolute Gasteiger partial charge is 0.00596 e. The highest BCUT2D eigenvalue weighted by Crippen LogP contribution is 2.32. The zero-order chi connectivity index (χ0) is 14.8. The summed E-state index contributed by atoms with van der Waals surface area (Å²) in [6.45, 7) is 4.64. The van der Waals surface area contributed by atoms with Crippen LogP contribution in [0.15, 0.2) is 0 Å². The Bertz CT molecular complexity index is 165. The van der Waals surface area contributed by atoms with Gasteiger partial charge in [-0.15, -0.1) is 0 Å². The lowest BCUT2D eigenvalue weighted by Gasteiger charge is -2.26. The van der Waals surface area contributed by atoms with E-state index in [0.717, 1.165) is 23.7 Å². The summed E-state index contributed by atoms with van der Waals surface area (Å²) in [5, 5.41) is 2.45. The number of alkyl halides is 2. The highest BCUT2D eigenvalue weighted by molar-refractivity contribution is 9.09. The fourth-order valence-electron chi connectivity index (χ4n) is 3.59. The minimum Gasteiger partial charge on any atom is -0.0925 e. The third kappa shape index (κ3) is 7.29. The molecule has 0 aromatic heterocycles. The van der Waals surface area contributed by atoms with E-state index in [1.165, 1.54) is 74.9 Å². The van der Waals surface area contributed by atoms with Gasteiger partial charge in [-0.25, -0.2) is 0 Å². The lowest BCUT2D eigenvalue weighted by molar-refractivity contribution is 0.288. The second kappa shape index (κ2) is 11.5. The Labute approximate surface area is 144 Å². The van der Waals surface area contributed by atoms with Crippen molar-refractivity contribution in [2.24, 2.45) is 23.7 Å². The van der Waals surface area contributed by atoms with Crippen LogP contribution in [0.2, 0.25) is 0 Å². The van der Waals surface area contributed by atoms with E-state index in [1.807, 2.05) is 0 Å². The van der Waals surface area contributed by atoms with Crippen LogP contribution >= 0.6 is 31.9 Å². The van der Waals surface area contributed by atoms with Gasteiger partial charge in [0.2, 0.25) is 0 Å². The fraction of sp³-hybridized carbons (Fsp3) is 1.00. The molecule has 0 aromatic rings. The second-order valence-corrected chi connectivity index (χ2v) is 8.19. The molecule has 0 amide bonds. The van der Waals surface area contributed by atoms with E-state index < -0.39 is 0 Å². The third-order valence-electron chi connectivity index (χ3n) is 5.52. The zero-order valence-electron chi connectivity index (χ0n) is 13.6. The Morgan fingerprint density at radius 2 is 0.800 bits per heavy atom. The Morgan fingerprint density at radius 3 is 1.00 bits per heavy atom. The number of hydrogen-bond donors (Lipinski definition) is 0. The summed E-state index contributed by atoms with van der Waals surface area (Å²) >= 11 is 7.11. The first-order valence-electron chi connectivity index (χ1n) is 8.85. The Balaban J connectivity index is 0.000000200. The molecule has 0 bridgehead atoms. The molecule has 2 fully saturated rings. The average molecular weight is 410 g/mol. The van der Waals surface area contributed by atoms with Crippen LogP contribution in [0.4, 0.5) is 0 Å². The maximum absolute atomic E-state index is 3.55. The molecule has 0 heterocycles. The maximum atomic E-state index is 3.55. The minimum absolute atomic E-state index is 0.989. The molecule has 2 saturated carbocycles. The molecule has 0 N–H and O–H groups in total. The van der Waals surface area contributed by atoms with Crippen LogP contribution in [0.25, 0.3) is 0 Å². The number of hydrogen-bond acceptors (Lipinski definition) is 0. The molecule has 2 aliphatic carbocycles. The number of halogens is 2. The summed E-state index contributed by atoms with van der Waals surface area (Å²) < 4.78 is 0. The van der Waals surface area contributed by atoms with Crippen molar-refractivity contribution in [3.63, 3.8) is 0 Å². The zero-order valence-corrected chi connectivity index (χ0v) is 16.7. The van der Waals surface area contributed by atoms with Crippen LogP contribution in [0, 0.1) is 23.7 Å². The van der Waals surface area contributed by atoms with E-state index in [2.05, 4.69) is 45.7 Å². The molecule has 20 heavy (non-hydrogen) atoms. The topological polar surface area (TPSA) is 0 Å². The average Bonchev–Trinajstić information content (AvgIpc) is 2.55. The van der Waals surface area contributed by atoms with Gasteiger partial charge in [0, 0.05) is 10.7 Å². The van der Waals surface area contributed by atoms with Crippen LogP contribution < -0.4 is 0 Å². The van der Waals surface area contributed by atoms with Gasteiger partial charge in [-0.2, -0.15) is 0 Å². The van der Waals surface area contributed by atoms with Crippen molar-refractivity contribution in [1.29, 1.82) is 0 Å². The summed E-state index contributed by atoms with van der Waals surface area (Å²) in [4.78, 5) is 0. The van der Waals surface area contributed by atoms with Gasteiger partial charge in [0.05, 0.1) is 0 Å². The van der Waals surface area contributed by atoms with Crippen LogP contribution in [-0.2, 0) is 0 Å². The number of rotatable bonds is 4. The van der Waals surface area contributed by atoms with Crippen LogP contribution in [0.5, 0.6) is 0 Å². The van der Waals surface area contributed by atoms with Gasteiger partial charge in [0.25, 0.3) is 0 Å². The largest absolute Gasteiger partial charge is 0.0925 e. The van der Waals surface area contributed by atoms with Crippen molar-refractivity contribution in [2.75, 3.05) is 10.7 Å². The summed E-state index contributed by atoms with van der Waals surface area (Å²) in [6, 6.07) is 0. The van der Waals surface area contributed by atoms with E-state index in [4.69, 9.17) is 0 Å². The van der Waals surface area contributed by atoms with Gasteiger partial charge < -0.3 is 0 Å². The predicted molar refractivity (Wildman–Crippen MR) is 99.1 cm³/mol. The predicted octanol–water partition coefficient (Wildman–Crippen LogP) is 7.20. The molecule has 0 aromatic carbocycles. The van der Waals surface area contributed by atoms with E-state index in [0.29, 0.717) is 0 Å². The maximum Gasteiger partial charge on any atom is 0.00596 e. The van der Waals surface area contributed by atoms with Gasteiger partial charge in [-0.05, 0) is 49.4 Å². The van der Waals surface area contributed by atoms with Gasteiger partial charge in [0.15, 0.2) is 0 Å². The molecule has 0 radical (unpaired) electrons. The Hall–Kier alpha value is 0.960. The quantitative estimate of drug-likeness (QED) is 0.430. The SMILES string of the molecule is CCC1CCC(CBr)CC1.CCC1CCC(CBr)CC1. The summed E-state index contributed by atoms with van der Waals surface area (Å²) in [5.41, 5.74) is 0. The molecule has 0 atom stereocenters. The first-order chi connectivity index (χ1) is 9.73. The molecule has 0 aliphatic heterocycles. The molecular weight excluding hydrogens is 376 g/mol. The second-order valence-electron chi connectivity index (χ2n) is 6.90. The first-order valence-corrected chi connectivity index (χ1v) is 11.1. The van der Waals surface area contributed by atoms with Crippen molar-refractivity contribution < 1.29 is 0 Å². The molecule has 0 nitrogen and oxygen atoms in total. The lowest BCUT2D eigenvalue weighted by Crippen LogP contribution is -2.14. The molecule has 0 spiro atoms. The van der Waals surface area contributed by atoms with E-state index >= 15 is 0 Å². The van der Waals surface area contributed by atoms with E-state index in [-0.39, 0.29) is 0 Å². The summed E-state index contributed by atoms with van der Waals surface area (Å²) in [7, 11) is 0. The van der Waals surface area contributed by atoms with Crippen molar-refractivity contribution in [3.8, 4) is 0 Å².